The van der Waals surface area contributed by atoms with Crippen molar-refractivity contribution in [2.45, 2.75) is 13.0 Å². The van der Waals surface area contributed by atoms with Crippen molar-refractivity contribution in [1.82, 2.24) is 9.80 Å². The number of benzene rings is 1. The van der Waals surface area contributed by atoms with Gasteiger partial charge in [-0.1, -0.05) is 12.1 Å². The Hall–Kier alpha value is -1.30. The van der Waals surface area contributed by atoms with Gasteiger partial charge < -0.3 is 20.1 Å². The Bertz CT molecular complexity index is 428. The van der Waals surface area contributed by atoms with Crippen molar-refractivity contribution >= 4 is 0 Å². The summed E-state index contributed by atoms with van der Waals surface area (Å²) in [6.45, 7) is 8.05. The molecule has 1 unspecified atom stereocenters. The van der Waals surface area contributed by atoms with E-state index < -0.39 is 0 Å². The van der Waals surface area contributed by atoms with Crippen molar-refractivity contribution in [2.24, 2.45) is 5.73 Å². The van der Waals surface area contributed by atoms with Gasteiger partial charge in [-0.2, -0.15) is 0 Å². The van der Waals surface area contributed by atoms with Gasteiger partial charge in [-0.05, 0) is 26.1 Å². The lowest BCUT2D eigenvalue weighted by Gasteiger charge is -2.39. The van der Waals surface area contributed by atoms with E-state index in [4.69, 9.17) is 15.2 Å². The molecular formula is C16H27N3O2. The third-order valence-corrected chi connectivity index (χ3v) is 3.86. The molecule has 5 heteroatoms. The maximum atomic E-state index is 5.89. The number of para-hydroxylation sites is 2. The zero-order valence-electron chi connectivity index (χ0n) is 13.1. The summed E-state index contributed by atoms with van der Waals surface area (Å²) < 4.78 is 11.5. The maximum Gasteiger partial charge on any atom is 0.161 e. The zero-order valence-corrected chi connectivity index (χ0v) is 13.1. The van der Waals surface area contributed by atoms with Crippen LogP contribution in [0.25, 0.3) is 0 Å². The Balaban J connectivity index is 1.83. The molecule has 2 N–H and O–H groups in total. The van der Waals surface area contributed by atoms with E-state index in [-0.39, 0.29) is 0 Å². The number of piperazine rings is 1. The number of nitrogens with two attached hydrogens (primary N) is 1. The number of hydrogen-bond donors (Lipinski definition) is 1. The van der Waals surface area contributed by atoms with E-state index in [0.29, 0.717) is 25.8 Å². The Kier molecular flexibility index (Phi) is 6.29. The summed E-state index contributed by atoms with van der Waals surface area (Å²) in [4.78, 5) is 4.75. The molecular weight excluding hydrogens is 266 g/mol. The zero-order chi connectivity index (χ0) is 15.1. The molecule has 1 aromatic carbocycles. The Morgan fingerprint density at radius 2 is 1.90 bits per heavy atom. The van der Waals surface area contributed by atoms with Gasteiger partial charge in [0.05, 0.1) is 6.61 Å². The van der Waals surface area contributed by atoms with E-state index in [9.17, 15) is 0 Å². The number of likely N-dealkylation sites (N-methyl/N-ethyl adjacent to an activating group) is 1. The number of hydrogen-bond acceptors (Lipinski definition) is 5. The number of rotatable bonds is 7. The highest BCUT2D eigenvalue weighted by Gasteiger charge is 2.23. The second kappa shape index (κ2) is 8.22. The van der Waals surface area contributed by atoms with Gasteiger partial charge in [0.15, 0.2) is 11.5 Å². The summed E-state index contributed by atoms with van der Waals surface area (Å²) in [5, 5.41) is 0. The van der Waals surface area contributed by atoms with E-state index in [1.807, 2.05) is 31.2 Å². The molecule has 0 spiro atoms. The first kappa shape index (κ1) is 16.1. The minimum Gasteiger partial charge on any atom is -0.490 e. The fourth-order valence-electron chi connectivity index (χ4n) is 2.68. The molecule has 118 valence electrons. The van der Waals surface area contributed by atoms with Crippen LogP contribution in [0, 0.1) is 0 Å². The van der Waals surface area contributed by atoms with Crippen LogP contribution in [0.15, 0.2) is 24.3 Å². The fraction of sp³-hybridized carbons (Fsp3) is 0.625. The van der Waals surface area contributed by atoms with Crippen LogP contribution in [0.3, 0.4) is 0 Å². The number of nitrogens with zero attached hydrogens (tertiary/aromatic N) is 2. The van der Waals surface area contributed by atoms with Crippen LogP contribution in [0.1, 0.15) is 6.92 Å². The van der Waals surface area contributed by atoms with Crippen molar-refractivity contribution in [1.29, 1.82) is 0 Å². The van der Waals surface area contributed by atoms with Gasteiger partial charge in [0.2, 0.25) is 0 Å². The molecule has 1 saturated heterocycles. The van der Waals surface area contributed by atoms with Crippen LogP contribution >= 0.6 is 0 Å². The topological polar surface area (TPSA) is 51.0 Å². The Labute approximate surface area is 127 Å². The molecule has 5 nitrogen and oxygen atoms in total. The molecule has 0 bridgehead atoms. The first-order valence-corrected chi connectivity index (χ1v) is 7.72. The molecule has 1 aromatic rings. The van der Waals surface area contributed by atoms with E-state index in [0.717, 1.165) is 37.7 Å². The van der Waals surface area contributed by atoms with Crippen LogP contribution in [0.4, 0.5) is 0 Å². The lowest BCUT2D eigenvalue weighted by Crippen LogP contribution is -2.55. The Morgan fingerprint density at radius 1 is 1.19 bits per heavy atom. The molecule has 0 amide bonds. The average molecular weight is 293 g/mol. The second-order valence-corrected chi connectivity index (χ2v) is 5.42. The first-order valence-electron chi connectivity index (χ1n) is 7.72. The summed E-state index contributed by atoms with van der Waals surface area (Å²) >= 11 is 0. The van der Waals surface area contributed by atoms with Crippen LogP contribution < -0.4 is 15.2 Å². The molecule has 2 rings (SSSR count). The molecule has 0 aliphatic carbocycles. The highest BCUT2D eigenvalue weighted by Crippen LogP contribution is 2.26. The van der Waals surface area contributed by atoms with Crippen LogP contribution in [-0.4, -0.2) is 68.8 Å². The van der Waals surface area contributed by atoms with Gasteiger partial charge >= 0.3 is 0 Å². The molecule has 0 aromatic heterocycles. The van der Waals surface area contributed by atoms with E-state index >= 15 is 0 Å². The largest absolute Gasteiger partial charge is 0.490 e. The standard InChI is InChI=1S/C16H27N3O2/c1-3-20-15-6-4-5-7-16(15)21-11-10-19-9-8-18(2)13-14(19)12-17/h4-7,14H,3,8-13,17H2,1-2H3. The molecule has 1 fully saturated rings. The van der Waals surface area contributed by atoms with E-state index in [2.05, 4.69) is 16.8 Å². The SMILES string of the molecule is CCOc1ccccc1OCCN1CCN(C)CC1CN. The average Bonchev–Trinajstić information content (AvgIpc) is 2.50. The highest BCUT2D eigenvalue weighted by molar-refractivity contribution is 5.39. The smallest absolute Gasteiger partial charge is 0.161 e. The monoisotopic (exact) mass is 293 g/mol. The molecule has 0 saturated carbocycles. The van der Waals surface area contributed by atoms with Gasteiger partial charge in [-0.3, -0.25) is 4.90 Å². The van der Waals surface area contributed by atoms with Gasteiger partial charge in [0.25, 0.3) is 0 Å². The van der Waals surface area contributed by atoms with Crippen molar-refractivity contribution in [3.8, 4) is 11.5 Å². The van der Waals surface area contributed by atoms with Gasteiger partial charge in [0, 0.05) is 38.8 Å². The fourth-order valence-corrected chi connectivity index (χ4v) is 2.68. The predicted molar refractivity (Wildman–Crippen MR) is 85.0 cm³/mol. The molecule has 0 radical (unpaired) electrons. The van der Waals surface area contributed by atoms with Crippen molar-refractivity contribution in [2.75, 3.05) is 53.0 Å². The minimum absolute atomic E-state index is 0.425. The summed E-state index contributed by atoms with van der Waals surface area (Å²) in [6.07, 6.45) is 0. The second-order valence-electron chi connectivity index (χ2n) is 5.42. The van der Waals surface area contributed by atoms with Crippen LogP contribution in [0.5, 0.6) is 11.5 Å². The predicted octanol–water partition coefficient (Wildman–Crippen LogP) is 1.04. The number of ether oxygens (including phenoxy) is 2. The summed E-state index contributed by atoms with van der Waals surface area (Å²) in [7, 11) is 2.15. The van der Waals surface area contributed by atoms with E-state index in [1.165, 1.54) is 0 Å². The quantitative estimate of drug-likeness (QED) is 0.814. The third kappa shape index (κ3) is 4.59. The van der Waals surface area contributed by atoms with Gasteiger partial charge in [-0.25, -0.2) is 0 Å². The highest BCUT2D eigenvalue weighted by atomic mass is 16.5. The summed E-state index contributed by atoms with van der Waals surface area (Å²) in [6, 6.07) is 8.25. The Morgan fingerprint density at radius 3 is 2.57 bits per heavy atom. The normalized spacial score (nSPS) is 20.4. The molecule has 21 heavy (non-hydrogen) atoms. The summed E-state index contributed by atoms with van der Waals surface area (Å²) in [5.74, 6) is 1.63. The lowest BCUT2D eigenvalue weighted by atomic mass is 10.2. The van der Waals surface area contributed by atoms with Crippen molar-refractivity contribution in [3.63, 3.8) is 0 Å². The third-order valence-electron chi connectivity index (χ3n) is 3.86. The van der Waals surface area contributed by atoms with E-state index in [1.54, 1.807) is 0 Å². The molecule has 1 heterocycles. The summed E-state index contributed by atoms with van der Waals surface area (Å²) in [5.41, 5.74) is 5.87. The van der Waals surface area contributed by atoms with Gasteiger partial charge in [0.1, 0.15) is 6.61 Å². The van der Waals surface area contributed by atoms with Crippen molar-refractivity contribution < 1.29 is 9.47 Å². The lowest BCUT2D eigenvalue weighted by molar-refractivity contribution is 0.0801. The minimum atomic E-state index is 0.425. The first-order chi connectivity index (χ1) is 10.2. The molecule has 1 atom stereocenters. The molecule has 1 aliphatic rings. The molecule has 1 aliphatic heterocycles. The van der Waals surface area contributed by atoms with Gasteiger partial charge in [-0.15, -0.1) is 0 Å². The van der Waals surface area contributed by atoms with Crippen LogP contribution in [-0.2, 0) is 0 Å². The maximum absolute atomic E-state index is 5.89. The van der Waals surface area contributed by atoms with Crippen LogP contribution in [0.2, 0.25) is 0 Å². The van der Waals surface area contributed by atoms with Crippen molar-refractivity contribution in [3.05, 3.63) is 24.3 Å².